The molecule has 2 amide bonds. The number of halogens is 3. The van der Waals surface area contributed by atoms with Gasteiger partial charge in [-0.05, 0) is 18.8 Å². The molecule has 2 atom stereocenters. The molecule has 1 aliphatic rings. The highest BCUT2D eigenvalue weighted by Crippen LogP contribution is 2.40. The first kappa shape index (κ1) is 18.6. The predicted molar refractivity (Wildman–Crippen MR) is 81.1 cm³/mol. The van der Waals surface area contributed by atoms with Gasteiger partial charge in [0.15, 0.2) is 0 Å². The van der Waals surface area contributed by atoms with Crippen LogP contribution in [0.25, 0.3) is 0 Å². The number of alkyl halides is 3. The molecule has 9 heteroatoms. The lowest BCUT2D eigenvalue weighted by atomic mass is 9.97. The Kier molecular flexibility index (Phi) is 5.42. The zero-order valence-electron chi connectivity index (χ0n) is 13.8. The van der Waals surface area contributed by atoms with Gasteiger partial charge in [-0.15, -0.1) is 0 Å². The first-order valence-electron chi connectivity index (χ1n) is 7.95. The number of aliphatic hydroxyl groups is 1. The zero-order chi connectivity index (χ0) is 18.0. The summed E-state index contributed by atoms with van der Waals surface area (Å²) in [5.74, 6) is -0.111. The van der Waals surface area contributed by atoms with E-state index in [9.17, 15) is 23.1 Å². The molecule has 1 fully saturated rings. The van der Waals surface area contributed by atoms with E-state index in [1.165, 1.54) is 19.4 Å². The standard InChI is InChI=1S/C15H23F3N4O2/c1-11-4-3-8-22(10-11)13(23)20-6-5-14(24,15(16,17)18)12-19-7-9-21(12)2/h7,9,11,24H,3-6,8,10H2,1-2H3,(H,20,23)/t11-,14+/m1/s1. The number of amides is 2. The van der Waals surface area contributed by atoms with Crippen LogP contribution in [-0.4, -0.2) is 51.4 Å². The maximum atomic E-state index is 13.4. The summed E-state index contributed by atoms with van der Waals surface area (Å²) in [7, 11) is 1.38. The molecule has 1 aromatic heterocycles. The molecule has 0 saturated carbocycles. The van der Waals surface area contributed by atoms with E-state index in [2.05, 4.69) is 10.3 Å². The average molecular weight is 348 g/mol. The molecule has 24 heavy (non-hydrogen) atoms. The van der Waals surface area contributed by atoms with Crippen LogP contribution >= 0.6 is 0 Å². The summed E-state index contributed by atoms with van der Waals surface area (Å²) in [6.45, 7) is 2.92. The Bertz CT molecular complexity index is 575. The molecule has 2 heterocycles. The number of likely N-dealkylation sites (tertiary alicyclic amines) is 1. The molecular weight excluding hydrogens is 325 g/mol. The first-order valence-corrected chi connectivity index (χ1v) is 7.95. The van der Waals surface area contributed by atoms with E-state index in [-0.39, 0.29) is 6.54 Å². The summed E-state index contributed by atoms with van der Waals surface area (Å²) >= 11 is 0. The van der Waals surface area contributed by atoms with Crippen molar-refractivity contribution in [2.24, 2.45) is 13.0 Å². The van der Waals surface area contributed by atoms with Crippen LogP contribution in [0.15, 0.2) is 12.4 Å². The lowest BCUT2D eigenvalue weighted by Gasteiger charge is -2.32. The van der Waals surface area contributed by atoms with Gasteiger partial charge in [0.05, 0.1) is 0 Å². The van der Waals surface area contributed by atoms with Crippen molar-refractivity contribution in [3.8, 4) is 0 Å². The predicted octanol–water partition coefficient (Wildman–Crippen LogP) is 2.00. The van der Waals surface area contributed by atoms with Crippen molar-refractivity contribution in [1.82, 2.24) is 19.8 Å². The molecule has 0 aromatic carbocycles. The largest absolute Gasteiger partial charge is 0.424 e. The second-order valence-corrected chi connectivity index (χ2v) is 6.40. The van der Waals surface area contributed by atoms with E-state index in [1.807, 2.05) is 6.92 Å². The molecular formula is C15H23F3N4O2. The number of nitrogens with one attached hydrogen (secondary N) is 1. The lowest BCUT2D eigenvalue weighted by Crippen LogP contribution is -2.49. The minimum atomic E-state index is -4.89. The van der Waals surface area contributed by atoms with Crippen molar-refractivity contribution in [2.75, 3.05) is 19.6 Å². The van der Waals surface area contributed by atoms with Crippen LogP contribution in [0.5, 0.6) is 0 Å². The van der Waals surface area contributed by atoms with Gasteiger partial charge in [-0.25, -0.2) is 9.78 Å². The van der Waals surface area contributed by atoms with E-state index < -0.39 is 30.1 Å². The summed E-state index contributed by atoms with van der Waals surface area (Å²) in [4.78, 5) is 17.3. The maximum absolute atomic E-state index is 13.4. The molecule has 0 aliphatic carbocycles. The molecule has 0 bridgehead atoms. The van der Waals surface area contributed by atoms with E-state index >= 15 is 0 Å². The lowest BCUT2D eigenvalue weighted by molar-refractivity contribution is -0.272. The summed E-state index contributed by atoms with van der Waals surface area (Å²) in [5, 5.41) is 12.7. The third-order valence-electron chi connectivity index (χ3n) is 4.37. The molecule has 0 spiro atoms. The van der Waals surface area contributed by atoms with Gasteiger partial charge >= 0.3 is 12.2 Å². The Morgan fingerprint density at radius 1 is 1.50 bits per heavy atom. The fourth-order valence-corrected chi connectivity index (χ4v) is 2.98. The number of hydrogen-bond donors (Lipinski definition) is 2. The van der Waals surface area contributed by atoms with Crippen molar-refractivity contribution in [2.45, 2.75) is 38.0 Å². The second-order valence-electron chi connectivity index (χ2n) is 6.40. The van der Waals surface area contributed by atoms with E-state index in [1.54, 1.807) is 4.90 Å². The Balaban J connectivity index is 1.99. The highest BCUT2D eigenvalue weighted by atomic mass is 19.4. The third kappa shape index (κ3) is 3.82. The highest BCUT2D eigenvalue weighted by Gasteiger charge is 2.57. The van der Waals surface area contributed by atoms with Crippen molar-refractivity contribution in [1.29, 1.82) is 0 Å². The highest BCUT2D eigenvalue weighted by molar-refractivity contribution is 5.74. The maximum Gasteiger partial charge on any atom is 0.424 e. The fraction of sp³-hybridized carbons (Fsp3) is 0.733. The number of hydrogen-bond acceptors (Lipinski definition) is 3. The minimum absolute atomic E-state index is 0.299. The van der Waals surface area contributed by atoms with Gasteiger partial charge in [-0.1, -0.05) is 6.92 Å². The second kappa shape index (κ2) is 7.00. The van der Waals surface area contributed by atoms with Crippen LogP contribution < -0.4 is 5.32 Å². The number of nitrogens with zero attached hydrogens (tertiary/aromatic N) is 3. The van der Waals surface area contributed by atoms with Crippen LogP contribution in [0.1, 0.15) is 32.0 Å². The topological polar surface area (TPSA) is 70.4 Å². The average Bonchev–Trinajstić information content (AvgIpc) is 2.92. The van der Waals surface area contributed by atoms with Crippen molar-refractivity contribution in [3.05, 3.63) is 18.2 Å². The molecule has 1 aromatic rings. The molecule has 136 valence electrons. The van der Waals surface area contributed by atoms with Gasteiger partial charge in [-0.3, -0.25) is 0 Å². The molecule has 0 unspecified atom stereocenters. The van der Waals surface area contributed by atoms with Crippen molar-refractivity contribution < 1.29 is 23.1 Å². The van der Waals surface area contributed by atoms with Gasteiger partial charge in [0.2, 0.25) is 5.60 Å². The SMILES string of the molecule is C[C@@H]1CCCN(C(=O)NCC[C@](O)(c2nccn2C)C(F)(F)F)C1. The number of imidazole rings is 1. The summed E-state index contributed by atoms with van der Waals surface area (Å²) < 4.78 is 41.2. The number of carbonyl (C=O) groups excluding carboxylic acids is 1. The van der Waals surface area contributed by atoms with E-state index in [4.69, 9.17) is 0 Å². The van der Waals surface area contributed by atoms with E-state index in [0.29, 0.717) is 19.0 Å². The van der Waals surface area contributed by atoms with Gasteiger partial charge < -0.3 is 19.9 Å². The smallest absolute Gasteiger partial charge is 0.374 e. The summed E-state index contributed by atoms with van der Waals surface area (Å²) in [5.41, 5.74) is -3.10. The van der Waals surface area contributed by atoms with Gasteiger partial charge in [0.25, 0.3) is 0 Å². The number of carbonyl (C=O) groups is 1. The molecule has 0 radical (unpaired) electrons. The quantitative estimate of drug-likeness (QED) is 0.874. The number of rotatable bonds is 4. The Hall–Kier alpha value is -1.77. The van der Waals surface area contributed by atoms with Crippen LogP contribution in [0.4, 0.5) is 18.0 Å². The monoisotopic (exact) mass is 348 g/mol. The number of piperidine rings is 1. The summed E-state index contributed by atoms with van der Waals surface area (Å²) in [6, 6.07) is -0.397. The van der Waals surface area contributed by atoms with Crippen molar-refractivity contribution in [3.63, 3.8) is 0 Å². The Morgan fingerprint density at radius 2 is 2.21 bits per heavy atom. The van der Waals surface area contributed by atoms with Crippen molar-refractivity contribution >= 4 is 6.03 Å². The van der Waals surface area contributed by atoms with Gasteiger partial charge in [0.1, 0.15) is 5.82 Å². The van der Waals surface area contributed by atoms with Crippen LogP contribution in [0.3, 0.4) is 0 Å². The minimum Gasteiger partial charge on any atom is -0.374 e. The summed E-state index contributed by atoms with van der Waals surface area (Å²) in [6.07, 6.45) is -1.14. The first-order chi connectivity index (χ1) is 11.1. The van der Waals surface area contributed by atoms with Gasteiger partial charge in [-0.2, -0.15) is 13.2 Å². The van der Waals surface area contributed by atoms with Gasteiger partial charge in [0, 0.05) is 45.5 Å². The zero-order valence-corrected chi connectivity index (χ0v) is 13.8. The molecule has 1 aliphatic heterocycles. The normalized spacial score (nSPS) is 21.4. The third-order valence-corrected chi connectivity index (χ3v) is 4.37. The molecule has 2 rings (SSSR count). The van der Waals surface area contributed by atoms with Crippen LogP contribution in [0, 0.1) is 5.92 Å². The Morgan fingerprint density at radius 3 is 2.75 bits per heavy atom. The Labute approximate surface area is 138 Å². The number of urea groups is 1. The fourth-order valence-electron chi connectivity index (χ4n) is 2.98. The molecule has 6 nitrogen and oxygen atoms in total. The van der Waals surface area contributed by atoms with Crippen LogP contribution in [-0.2, 0) is 12.6 Å². The molecule has 1 saturated heterocycles. The molecule has 2 N–H and O–H groups in total. The van der Waals surface area contributed by atoms with E-state index in [0.717, 1.165) is 17.4 Å². The number of aryl methyl sites for hydroxylation is 1. The van der Waals surface area contributed by atoms with Crippen LogP contribution in [0.2, 0.25) is 0 Å². The number of aromatic nitrogens is 2.